The number of nitrogens with one attached hydrogen (secondary N) is 1. The third kappa shape index (κ3) is 2.95. The molecule has 0 radical (unpaired) electrons. The molecular weight excluding hydrogens is 281 g/mol. The van der Waals surface area contributed by atoms with E-state index in [1.807, 2.05) is 6.07 Å². The summed E-state index contributed by atoms with van der Waals surface area (Å²) < 4.78 is 14.3. The third-order valence-corrected chi connectivity index (χ3v) is 4.99. The molecule has 22 heavy (non-hydrogen) atoms. The number of anilines is 2. The molecule has 1 saturated heterocycles. The first-order chi connectivity index (χ1) is 10.7. The maximum atomic E-state index is 14.3. The van der Waals surface area contributed by atoms with Gasteiger partial charge in [0.05, 0.1) is 5.69 Å². The lowest BCUT2D eigenvalue weighted by Gasteiger charge is -2.24. The molecule has 4 nitrogen and oxygen atoms in total. The number of carbonyl (C=O) groups is 1. The van der Waals surface area contributed by atoms with Crippen molar-refractivity contribution in [1.82, 2.24) is 0 Å². The highest BCUT2D eigenvalue weighted by Crippen LogP contribution is 2.35. The van der Waals surface area contributed by atoms with Gasteiger partial charge in [-0.2, -0.15) is 0 Å². The number of para-hydroxylation sites is 1. The quantitative estimate of drug-likeness (QED) is 0.899. The van der Waals surface area contributed by atoms with Gasteiger partial charge in [0.15, 0.2) is 0 Å². The molecule has 0 spiro atoms. The summed E-state index contributed by atoms with van der Waals surface area (Å²) in [5, 5.41) is 2.85. The largest absolute Gasteiger partial charge is 0.370 e. The van der Waals surface area contributed by atoms with E-state index in [0.717, 1.165) is 50.9 Å². The van der Waals surface area contributed by atoms with Gasteiger partial charge in [0.25, 0.3) is 0 Å². The van der Waals surface area contributed by atoms with Crippen LogP contribution < -0.4 is 16.0 Å². The van der Waals surface area contributed by atoms with Crippen LogP contribution in [0.25, 0.3) is 0 Å². The maximum Gasteiger partial charge on any atom is 0.227 e. The molecule has 5 heteroatoms. The Morgan fingerprint density at radius 1 is 1.27 bits per heavy atom. The summed E-state index contributed by atoms with van der Waals surface area (Å²) in [5.41, 5.74) is 6.88. The Kier molecular flexibility index (Phi) is 4.62. The zero-order chi connectivity index (χ0) is 15.5. The normalized spacial score (nSPS) is 24.7. The van der Waals surface area contributed by atoms with Gasteiger partial charge >= 0.3 is 0 Å². The molecule has 1 amide bonds. The number of nitrogens with zero attached hydrogens (tertiary/aromatic N) is 1. The van der Waals surface area contributed by atoms with Gasteiger partial charge in [0.2, 0.25) is 5.91 Å². The van der Waals surface area contributed by atoms with Crippen molar-refractivity contribution in [2.24, 2.45) is 17.6 Å². The molecule has 1 heterocycles. The Morgan fingerprint density at radius 2 is 2.05 bits per heavy atom. The summed E-state index contributed by atoms with van der Waals surface area (Å²) in [7, 11) is 0. The van der Waals surface area contributed by atoms with Crippen LogP contribution in [0.3, 0.4) is 0 Å². The molecule has 1 saturated carbocycles. The first-order valence-electron chi connectivity index (χ1n) is 8.25. The van der Waals surface area contributed by atoms with Crippen molar-refractivity contribution in [3.05, 3.63) is 24.0 Å². The minimum absolute atomic E-state index is 0.0847. The smallest absolute Gasteiger partial charge is 0.227 e. The van der Waals surface area contributed by atoms with Gasteiger partial charge < -0.3 is 16.0 Å². The number of amides is 1. The van der Waals surface area contributed by atoms with Gasteiger partial charge in [-0.25, -0.2) is 4.39 Å². The predicted octanol–water partition coefficient (Wildman–Crippen LogP) is 2.74. The van der Waals surface area contributed by atoms with E-state index in [-0.39, 0.29) is 23.6 Å². The molecule has 3 N–H and O–H groups in total. The lowest BCUT2D eigenvalue weighted by molar-refractivity contribution is -0.120. The van der Waals surface area contributed by atoms with Crippen LogP contribution in [0, 0.1) is 17.7 Å². The molecule has 3 rings (SSSR count). The Morgan fingerprint density at radius 3 is 2.77 bits per heavy atom. The van der Waals surface area contributed by atoms with Crippen molar-refractivity contribution in [2.45, 2.75) is 32.1 Å². The first-order valence-corrected chi connectivity index (χ1v) is 8.25. The van der Waals surface area contributed by atoms with E-state index in [4.69, 9.17) is 5.73 Å². The predicted molar refractivity (Wildman–Crippen MR) is 86.4 cm³/mol. The zero-order valence-electron chi connectivity index (χ0n) is 12.9. The van der Waals surface area contributed by atoms with E-state index in [2.05, 4.69) is 10.2 Å². The van der Waals surface area contributed by atoms with Crippen LogP contribution in [0.1, 0.15) is 32.1 Å². The SMILES string of the molecule is NC[C@H]1CCC[C@H]1C(=O)Nc1c(F)cccc1N1CCCC1. The monoisotopic (exact) mass is 305 g/mol. The maximum absolute atomic E-state index is 14.3. The molecule has 2 fully saturated rings. The highest BCUT2D eigenvalue weighted by Gasteiger charge is 2.33. The van der Waals surface area contributed by atoms with Crippen LogP contribution in [-0.2, 0) is 4.79 Å². The average Bonchev–Trinajstić information content (AvgIpc) is 3.20. The van der Waals surface area contributed by atoms with Gasteiger partial charge in [-0.3, -0.25) is 4.79 Å². The van der Waals surface area contributed by atoms with E-state index < -0.39 is 0 Å². The van der Waals surface area contributed by atoms with E-state index in [0.29, 0.717) is 12.2 Å². The Bertz CT molecular complexity index is 543. The van der Waals surface area contributed by atoms with Crippen molar-refractivity contribution in [1.29, 1.82) is 0 Å². The van der Waals surface area contributed by atoms with Crippen molar-refractivity contribution < 1.29 is 9.18 Å². The molecule has 0 aromatic heterocycles. The molecule has 1 aromatic carbocycles. The number of benzene rings is 1. The van der Waals surface area contributed by atoms with Crippen molar-refractivity contribution in [2.75, 3.05) is 29.9 Å². The number of nitrogens with two attached hydrogens (primary N) is 1. The van der Waals surface area contributed by atoms with Gasteiger partial charge in [-0.15, -0.1) is 0 Å². The van der Waals surface area contributed by atoms with Gasteiger partial charge in [-0.1, -0.05) is 12.5 Å². The Balaban J connectivity index is 1.80. The summed E-state index contributed by atoms with van der Waals surface area (Å²) in [6.07, 6.45) is 5.09. The fourth-order valence-corrected chi connectivity index (χ4v) is 3.74. The van der Waals surface area contributed by atoms with E-state index in [1.54, 1.807) is 6.07 Å². The fraction of sp³-hybridized carbons (Fsp3) is 0.588. The molecule has 120 valence electrons. The molecule has 1 aromatic rings. The molecular formula is C17H24FN3O. The molecule has 2 aliphatic rings. The second-order valence-electron chi connectivity index (χ2n) is 6.35. The summed E-state index contributed by atoms with van der Waals surface area (Å²) in [4.78, 5) is 14.7. The minimum Gasteiger partial charge on any atom is -0.370 e. The van der Waals surface area contributed by atoms with Crippen LogP contribution in [0.2, 0.25) is 0 Å². The Hall–Kier alpha value is -1.62. The second-order valence-corrected chi connectivity index (χ2v) is 6.35. The standard InChI is InChI=1S/C17H24FN3O/c18-14-7-4-8-15(21-9-1-2-10-21)16(14)20-17(22)13-6-3-5-12(13)11-19/h4,7-8,12-13H,1-3,5-6,9-11,19H2,(H,20,22)/t12-,13-/m1/s1. The minimum atomic E-state index is -0.361. The highest BCUT2D eigenvalue weighted by atomic mass is 19.1. The molecule has 1 aliphatic carbocycles. The fourth-order valence-electron chi connectivity index (χ4n) is 3.74. The molecule has 2 atom stereocenters. The van der Waals surface area contributed by atoms with Crippen molar-refractivity contribution in [3.63, 3.8) is 0 Å². The van der Waals surface area contributed by atoms with Crippen molar-refractivity contribution in [3.8, 4) is 0 Å². The van der Waals surface area contributed by atoms with Gasteiger partial charge in [0.1, 0.15) is 11.5 Å². The first kappa shape index (κ1) is 15.3. The van der Waals surface area contributed by atoms with Crippen LogP contribution in [0.15, 0.2) is 18.2 Å². The summed E-state index contributed by atoms with van der Waals surface area (Å²) in [6, 6.07) is 5.00. The molecule has 0 bridgehead atoms. The van der Waals surface area contributed by atoms with E-state index in [1.165, 1.54) is 6.07 Å². The summed E-state index contributed by atoms with van der Waals surface area (Å²) >= 11 is 0. The summed E-state index contributed by atoms with van der Waals surface area (Å²) in [5.74, 6) is -0.309. The topological polar surface area (TPSA) is 58.4 Å². The van der Waals surface area contributed by atoms with Crippen LogP contribution in [0.4, 0.5) is 15.8 Å². The number of rotatable bonds is 4. The molecule has 1 aliphatic heterocycles. The van der Waals surface area contributed by atoms with Gasteiger partial charge in [-0.05, 0) is 50.3 Å². The third-order valence-electron chi connectivity index (χ3n) is 4.99. The highest BCUT2D eigenvalue weighted by molar-refractivity contribution is 5.96. The van der Waals surface area contributed by atoms with E-state index in [9.17, 15) is 9.18 Å². The lowest BCUT2D eigenvalue weighted by Crippen LogP contribution is -2.31. The average molecular weight is 305 g/mol. The number of hydrogen-bond donors (Lipinski definition) is 2. The van der Waals surface area contributed by atoms with E-state index >= 15 is 0 Å². The molecule has 0 unspecified atom stereocenters. The second kappa shape index (κ2) is 6.65. The van der Waals surface area contributed by atoms with Crippen LogP contribution in [0.5, 0.6) is 0 Å². The number of hydrogen-bond acceptors (Lipinski definition) is 3. The van der Waals surface area contributed by atoms with Crippen LogP contribution in [-0.4, -0.2) is 25.5 Å². The van der Waals surface area contributed by atoms with Crippen LogP contribution >= 0.6 is 0 Å². The summed E-state index contributed by atoms with van der Waals surface area (Å²) in [6.45, 7) is 2.36. The Labute approximate surface area is 130 Å². The number of halogens is 1. The number of carbonyl (C=O) groups excluding carboxylic acids is 1. The van der Waals surface area contributed by atoms with Gasteiger partial charge in [0, 0.05) is 19.0 Å². The lowest BCUT2D eigenvalue weighted by atomic mass is 9.95. The van der Waals surface area contributed by atoms with Crippen molar-refractivity contribution >= 4 is 17.3 Å². The zero-order valence-corrected chi connectivity index (χ0v) is 12.9.